The molecule has 1 atom stereocenters. The van der Waals surface area contributed by atoms with Crippen LogP contribution in [0, 0.1) is 0 Å². The number of rotatable bonds is 8. The number of unbranched alkanes of at least 4 members (excludes halogenated alkanes) is 4. The molecule has 5 heteroatoms. The number of carbonyl (C=O) groups excluding carboxylic acids is 2. The maximum atomic E-state index is 12.4. The van der Waals surface area contributed by atoms with E-state index >= 15 is 0 Å². The van der Waals surface area contributed by atoms with Crippen molar-refractivity contribution in [2.45, 2.75) is 51.5 Å². The molecule has 120 valence electrons. The van der Waals surface area contributed by atoms with E-state index in [0.29, 0.717) is 10.7 Å². The molecule has 1 saturated heterocycles. The van der Waals surface area contributed by atoms with Crippen LogP contribution in [0.5, 0.6) is 0 Å². The van der Waals surface area contributed by atoms with Crippen molar-refractivity contribution in [3.8, 4) is 0 Å². The fraction of sp³-hybridized carbons (Fsp3) is 0.529. The van der Waals surface area contributed by atoms with Crippen molar-refractivity contribution in [1.82, 2.24) is 5.32 Å². The second kappa shape index (κ2) is 8.30. The number of amides is 2. The van der Waals surface area contributed by atoms with Gasteiger partial charge in [0.2, 0.25) is 5.91 Å². The number of carbonyl (C=O) groups is 2. The molecule has 1 heterocycles. The van der Waals surface area contributed by atoms with E-state index in [9.17, 15) is 9.59 Å². The van der Waals surface area contributed by atoms with E-state index in [0.717, 1.165) is 19.4 Å². The van der Waals surface area contributed by atoms with Gasteiger partial charge in [-0.1, -0.05) is 50.3 Å². The lowest BCUT2D eigenvalue weighted by Crippen LogP contribution is -2.39. The summed E-state index contributed by atoms with van der Waals surface area (Å²) < 4.78 is 0. The van der Waals surface area contributed by atoms with Crippen LogP contribution in [0.25, 0.3) is 0 Å². The van der Waals surface area contributed by atoms with Gasteiger partial charge in [0, 0.05) is 5.02 Å². The van der Waals surface area contributed by atoms with Gasteiger partial charge in [-0.05, 0) is 31.2 Å². The molecule has 1 aromatic rings. The van der Waals surface area contributed by atoms with Gasteiger partial charge in [-0.2, -0.15) is 0 Å². The van der Waals surface area contributed by atoms with Crippen molar-refractivity contribution in [3.63, 3.8) is 0 Å². The molecule has 0 unspecified atom stereocenters. The van der Waals surface area contributed by atoms with Crippen molar-refractivity contribution in [1.29, 1.82) is 0 Å². The average molecular weight is 323 g/mol. The number of anilines is 1. The Morgan fingerprint density at radius 2 is 2.00 bits per heavy atom. The van der Waals surface area contributed by atoms with Crippen molar-refractivity contribution in [2.24, 2.45) is 0 Å². The first kappa shape index (κ1) is 17.0. The Kier molecular flexibility index (Phi) is 6.40. The highest BCUT2D eigenvalue weighted by Crippen LogP contribution is 2.25. The number of imide groups is 1. The molecular formula is C17H23ClN2O2. The average Bonchev–Trinajstić information content (AvgIpc) is 2.77. The first-order valence-electron chi connectivity index (χ1n) is 7.99. The second-order valence-corrected chi connectivity index (χ2v) is 6.11. The summed E-state index contributed by atoms with van der Waals surface area (Å²) in [5, 5.41) is 3.73. The minimum atomic E-state index is -0.405. The molecule has 1 N–H and O–H groups in total. The largest absolute Gasteiger partial charge is 0.305 e. The monoisotopic (exact) mass is 322 g/mol. The van der Waals surface area contributed by atoms with Crippen LogP contribution in [-0.2, 0) is 9.59 Å². The molecule has 1 aromatic carbocycles. The molecule has 4 nitrogen and oxygen atoms in total. The molecule has 0 aliphatic carbocycles. The minimum Gasteiger partial charge on any atom is -0.305 e. The molecule has 2 rings (SSSR count). The van der Waals surface area contributed by atoms with Gasteiger partial charge in [-0.25, -0.2) is 4.90 Å². The van der Waals surface area contributed by atoms with E-state index in [1.165, 1.54) is 24.2 Å². The van der Waals surface area contributed by atoms with Crippen molar-refractivity contribution < 1.29 is 9.59 Å². The highest BCUT2D eigenvalue weighted by Gasteiger charge is 2.39. The van der Waals surface area contributed by atoms with Crippen LogP contribution in [0.15, 0.2) is 24.3 Å². The minimum absolute atomic E-state index is 0.171. The number of nitrogens with zero attached hydrogens (tertiary/aromatic N) is 1. The molecular weight excluding hydrogens is 300 g/mol. The van der Waals surface area contributed by atoms with E-state index in [1.54, 1.807) is 24.3 Å². The van der Waals surface area contributed by atoms with Gasteiger partial charge in [-0.3, -0.25) is 9.59 Å². The van der Waals surface area contributed by atoms with Crippen LogP contribution in [0.3, 0.4) is 0 Å². The summed E-state index contributed by atoms with van der Waals surface area (Å²) in [6.07, 6.45) is 6.12. The standard InChI is InChI=1S/C17H23ClN2O2/c1-2-3-4-5-6-10-19-15-12-16(21)20(17(15)22)14-9-7-8-13(18)11-14/h7-9,11,15,19H,2-6,10,12H2,1H3/t15-/m1/s1. The Bertz CT molecular complexity index is 533. The van der Waals surface area contributed by atoms with E-state index in [4.69, 9.17) is 11.6 Å². The SMILES string of the molecule is CCCCCCCN[C@@H]1CC(=O)N(c2cccc(Cl)c2)C1=O. The zero-order valence-electron chi connectivity index (χ0n) is 13.0. The van der Waals surface area contributed by atoms with Crippen LogP contribution < -0.4 is 10.2 Å². The van der Waals surface area contributed by atoms with Gasteiger partial charge in [0.1, 0.15) is 0 Å². The molecule has 1 aliphatic rings. The first-order chi connectivity index (χ1) is 10.6. The third-order valence-corrected chi connectivity index (χ3v) is 4.12. The van der Waals surface area contributed by atoms with Gasteiger partial charge in [0.05, 0.1) is 18.2 Å². The smallest absolute Gasteiger partial charge is 0.251 e. The van der Waals surface area contributed by atoms with E-state index < -0.39 is 6.04 Å². The molecule has 1 fully saturated rings. The lowest BCUT2D eigenvalue weighted by molar-refractivity contribution is -0.121. The van der Waals surface area contributed by atoms with Crippen molar-refractivity contribution in [3.05, 3.63) is 29.3 Å². The van der Waals surface area contributed by atoms with Crippen LogP contribution in [0.2, 0.25) is 5.02 Å². The van der Waals surface area contributed by atoms with Crippen LogP contribution in [-0.4, -0.2) is 24.4 Å². The summed E-state index contributed by atoms with van der Waals surface area (Å²) in [6, 6.07) is 6.44. The Morgan fingerprint density at radius 3 is 2.73 bits per heavy atom. The molecule has 1 aliphatic heterocycles. The molecule has 0 spiro atoms. The molecule has 2 amide bonds. The fourth-order valence-electron chi connectivity index (χ4n) is 2.68. The number of halogens is 1. The van der Waals surface area contributed by atoms with Gasteiger partial charge >= 0.3 is 0 Å². The zero-order valence-corrected chi connectivity index (χ0v) is 13.7. The lowest BCUT2D eigenvalue weighted by Gasteiger charge is -2.15. The van der Waals surface area contributed by atoms with Crippen LogP contribution in [0.4, 0.5) is 5.69 Å². The summed E-state index contributed by atoms with van der Waals surface area (Å²) in [5.74, 6) is -0.350. The van der Waals surface area contributed by atoms with Gasteiger partial charge in [0.25, 0.3) is 5.91 Å². The maximum Gasteiger partial charge on any atom is 0.251 e. The second-order valence-electron chi connectivity index (χ2n) is 5.67. The molecule has 0 saturated carbocycles. The van der Waals surface area contributed by atoms with E-state index in [2.05, 4.69) is 12.2 Å². The maximum absolute atomic E-state index is 12.4. The quantitative estimate of drug-likeness (QED) is 0.588. The fourth-order valence-corrected chi connectivity index (χ4v) is 2.87. The number of hydrogen-bond acceptors (Lipinski definition) is 3. The zero-order chi connectivity index (χ0) is 15.9. The van der Waals surface area contributed by atoms with Crippen LogP contribution >= 0.6 is 11.6 Å². The summed E-state index contributed by atoms with van der Waals surface area (Å²) in [5.41, 5.74) is 0.551. The molecule has 0 aromatic heterocycles. The Balaban J connectivity index is 1.86. The topological polar surface area (TPSA) is 49.4 Å². The van der Waals surface area contributed by atoms with E-state index in [-0.39, 0.29) is 18.2 Å². The summed E-state index contributed by atoms with van der Waals surface area (Å²) in [4.78, 5) is 25.7. The number of hydrogen-bond donors (Lipinski definition) is 1. The Morgan fingerprint density at radius 1 is 1.23 bits per heavy atom. The van der Waals surface area contributed by atoms with Gasteiger partial charge in [0.15, 0.2) is 0 Å². The predicted molar refractivity (Wildman–Crippen MR) is 89.1 cm³/mol. The Labute approximate surface area is 136 Å². The highest BCUT2D eigenvalue weighted by atomic mass is 35.5. The summed E-state index contributed by atoms with van der Waals surface area (Å²) in [6.45, 7) is 2.96. The third kappa shape index (κ3) is 4.31. The first-order valence-corrected chi connectivity index (χ1v) is 8.37. The van der Waals surface area contributed by atoms with Crippen molar-refractivity contribution >= 4 is 29.1 Å². The number of nitrogens with one attached hydrogen (secondary N) is 1. The highest BCUT2D eigenvalue weighted by molar-refractivity contribution is 6.31. The number of benzene rings is 1. The predicted octanol–water partition coefficient (Wildman–Crippen LogP) is 3.53. The molecule has 0 bridgehead atoms. The van der Waals surface area contributed by atoms with Crippen LogP contribution in [0.1, 0.15) is 45.4 Å². The van der Waals surface area contributed by atoms with Gasteiger partial charge in [-0.15, -0.1) is 0 Å². The molecule has 22 heavy (non-hydrogen) atoms. The van der Waals surface area contributed by atoms with Crippen molar-refractivity contribution in [2.75, 3.05) is 11.4 Å². The lowest BCUT2D eigenvalue weighted by atomic mass is 10.1. The Hall–Kier alpha value is -1.39. The van der Waals surface area contributed by atoms with Gasteiger partial charge < -0.3 is 5.32 Å². The summed E-state index contributed by atoms with van der Waals surface area (Å²) >= 11 is 5.93. The van der Waals surface area contributed by atoms with E-state index in [1.807, 2.05) is 0 Å². The summed E-state index contributed by atoms with van der Waals surface area (Å²) in [7, 11) is 0. The third-order valence-electron chi connectivity index (χ3n) is 3.88. The molecule has 0 radical (unpaired) electrons. The normalized spacial score (nSPS) is 18.3.